The maximum absolute atomic E-state index is 12.3. The number of carbonyl (C=O) groups is 1. The Hall–Kier alpha value is -2.36. The van der Waals surface area contributed by atoms with Crippen LogP contribution in [-0.2, 0) is 6.54 Å². The first-order chi connectivity index (χ1) is 11.1. The minimum Gasteiger partial charge on any atom is -0.357 e. The summed E-state index contributed by atoms with van der Waals surface area (Å²) in [6, 6.07) is 9.98. The van der Waals surface area contributed by atoms with E-state index in [0.29, 0.717) is 12.1 Å². The molecule has 0 spiro atoms. The summed E-state index contributed by atoms with van der Waals surface area (Å²) in [7, 11) is 0. The number of anilines is 1. The van der Waals surface area contributed by atoms with Crippen LogP contribution in [0.5, 0.6) is 0 Å². The van der Waals surface area contributed by atoms with Crippen molar-refractivity contribution < 1.29 is 4.79 Å². The van der Waals surface area contributed by atoms with Gasteiger partial charge in [-0.15, -0.1) is 0 Å². The Balaban J connectivity index is 1.60. The van der Waals surface area contributed by atoms with Gasteiger partial charge in [0.1, 0.15) is 5.82 Å². The van der Waals surface area contributed by atoms with Crippen LogP contribution < -0.4 is 10.2 Å². The van der Waals surface area contributed by atoms with Crippen LogP contribution in [0, 0.1) is 13.8 Å². The molecule has 1 aliphatic heterocycles. The molecule has 0 radical (unpaired) electrons. The fourth-order valence-electron chi connectivity index (χ4n) is 3.04. The molecule has 0 aliphatic carbocycles. The molecule has 1 aliphatic rings. The standard InChI is InChI=1S/C19H23N3O/c1-14-9-15(2)11-17(10-14)19(23)21-13-16-5-6-18(20-12-16)22-7-3-4-8-22/h5-6,9-12H,3-4,7-8,13H2,1-2H3,(H,21,23). The lowest BCUT2D eigenvalue weighted by molar-refractivity contribution is 0.0950. The van der Waals surface area contributed by atoms with Gasteiger partial charge in [0, 0.05) is 31.4 Å². The van der Waals surface area contributed by atoms with Gasteiger partial charge in [0.25, 0.3) is 5.91 Å². The van der Waals surface area contributed by atoms with E-state index in [9.17, 15) is 4.79 Å². The Labute approximate surface area is 137 Å². The summed E-state index contributed by atoms with van der Waals surface area (Å²) in [5, 5.41) is 2.97. The number of amides is 1. The number of carbonyl (C=O) groups excluding carboxylic acids is 1. The third-order valence-electron chi connectivity index (χ3n) is 4.18. The fourth-order valence-corrected chi connectivity index (χ4v) is 3.04. The zero-order valence-electron chi connectivity index (χ0n) is 13.8. The van der Waals surface area contributed by atoms with Crippen LogP contribution in [0.3, 0.4) is 0 Å². The van der Waals surface area contributed by atoms with Gasteiger partial charge in [-0.3, -0.25) is 4.79 Å². The molecule has 1 amide bonds. The summed E-state index contributed by atoms with van der Waals surface area (Å²) >= 11 is 0. The molecule has 0 bridgehead atoms. The number of nitrogens with one attached hydrogen (secondary N) is 1. The first-order valence-electron chi connectivity index (χ1n) is 8.18. The van der Waals surface area contributed by atoms with Gasteiger partial charge in [0.15, 0.2) is 0 Å². The summed E-state index contributed by atoms with van der Waals surface area (Å²) < 4.78 is 0. The molecule has 0 unspecified atom stereocenters. The predicted octanol–water partition coefficient (Wildman–Crippen LogP) is 3.23. The van der Waals surface area contributed by atoms with Crippen molar-refractivity contribution in [3.63, 3.8) is 0 Å². The highest BCUT2D eigenvalue weighted by Gasteiger charge is 2.13. The van der Waals surface area contributed by atoms with E-state index < -0.39 is 0 Å². The van der Waals surface area contributed by atoms with Gasteiger partial charge in [0.2, 0.25) is 0 Å². The highest BCUT2D eigenvalue weighted by molar-refractivity contribution is 5.94. The smallest absolute Gasteiger partial charge is 0.251 e. The van der Waals surface area contributed by atoms with Crippen molar-refractivity contribution in [2.24, 2.45) is 0 Å². The lowest BCUT2D eigenvalue weighted by atomic mass is 10.1. The van der Waals surface area contributed by atoms with Crippen molar-refractivity contribution in [1.29, 1.82) is 0 Å². The van der Waals surface area contributed by atoms with Gasteiger partial charge >= 0.3 is 0 Å². The molecule has 0 saturated carbocycles. The highest BCUT2D eigenvalue weighted by Crippen LogP contribution is 2.17. The van der Waals surface area contributed by atoms with Crippen LogP contribution in [0.4, 0.5) is 5.82 Å². The number of rotatable bonds is 4. The number of hydrogen-bond donors (Lipinski definition) is 1. The SMILES string of the molecule is Cc1cc(C)cc(C(=O)NCc2ccc(N3CCCC3)nc2)c1. The Morgan fingerprint density at radius 1 is 1.13 bits per heavy atom. The third-order valence-corrected chi connectivity index (χ3v) is 4.18. The van der Waals surface area contributed by atoms with E-state index in [2.05, 4.69) is 21.3 Å². The van der Waals surface area contributed by atoms with Crippen LogP contribution in [0.25, 0.3) is 0 Å². The number of nitrogens with zero attached hydrogens (tertiary/aromatic N) is 2. The molecule has 1 aromatic heterocycles. The van der Waals surface area contributed by atoms with E-state index in [1.165, 1.54) is 12.8 Å². The van der Waals surface area contributed by atoms with Crippen LogP contribution >= 0.6 is 0 Å². The molecule has 3 rings (SSSR count). The molecule has 4 heteroatoms. The Morgan fingerprint density at radius 2 is 1.83 bits per heavy atom. The van der Waals surface area contributed by atoms with Crippen molar-refractivity contribution in [3.8, 4) is 0 Å². The first kappa shape index (κ1) is 15.5. The summed E-state index contributed by atoms with van der Waals surface area (Å²) in [4.78, 5) is 19.1. The van der Waals surface area contributed by atoms with Crippen molar-refractivity contribution in [3.05, 3.63) is 58.8 Å². The van der Waals surface area contributed by atoms with Crippen molar-refractivity contribution in [2.75, 3.05) is 18.0 Å². The van der Waals surface area contributed by atoms with E-state index in [-0.39, 0.29) is 5.91 Å². The van der Waals surface area contributed by atoms with Crippen LogP contribution in [0.15, 0.2) is 36.5 Å². The van der Waals surface area contributed by atoms with Crippen LogP contribution in [-0.4, -0.2) is 24.0 Å². The molecular formula is C19H23N3O. The van der Waals surface area contributed by atoms with Crippen LogP contribution in [0.2, 0.25) is 0 Å². The van der Waals surface area contributed by atoms with Crippen molar-refractivity contribution in [2.45, 2.75) is 33.2 Å². The van der Waals surface area contributed by atoms with Crippen molar-refractivity contribution >= 4 is 11.7 Å². The summed E-state index contributed by atoms with van der Waals surface area (Å²) in [5.74, 6) is 0.993. The summed E-state index contributed by atoms with van der Waals surface area (Å²) in [5.41, 5.74) is 3.94. The Kier molecular flexibility index (Phi) is 4.60. The second-order valence-corrected chi connectivity index (χ2v) is 6.28. The largest absolute Gasteiger partial charge is 0.357 e. The van der Waals surface area contributed by atoms with E-state index in [0.717, 1.165) is 35.6 Å². The molecule has 23 heavy (non-hydrogen) atoms. The van der Waals surface area contributed by atoms with E-state index in [1.54, 1.807) is 0 Å². The maximum atomic E-state index is 12.3. The third kappa shape index (κ3) is 3.89. The fraction of sp³-hybridized carbons (Fsp3) is 0.368. The highest BCUT2D eigenvalue weighted by atomic mass is 16.1. The van der Waals surface area contributed by atoms with Crippen molar-refractivity contribution in [1.82, 2.24) is 10.3 Å². The molecule has 2 heterocycles. The van der Waals surface area contributed by atoms with Crippen LogP contribution in [0.1, 0.15) is 39.9 Å². The normalized spacial score (nSPS) is 14.1. The van der Waals surface area contributed by atoms with Gasteiger partial charge in [0.05, 0.1) is 0 Å². The lowest BCUT2D eigenvalue weighted by Gasteiger charge is -2.16. The average Bonchev–Trinajstić information content (AvgIpc) is 3.06. The number of aromatic nitrogens is 1. The number of aryl methyl sites for hydroxylation is 2. The summed E-state index contributed by atoms with van der Waals surface area (Å²) in [6.07, 6.45) is 4.35. The molecule has 1 N–H and O–H groups in total. The van der Waals surface area contributed by atoms with Gasteiger partial charge < -0.3 is 10.2 Å². The number of pyridine rings is 1. The topological polar surface area (TPSA) is 45.2 Å². The lowest BCUT2D eigenvalue weighted by Crippen LogP contribution is -2.23. The Morgan fingerprint density at radius 3 is 2.43 bits per heavy atom. The average molecular weight is 309 g/mol. The Bertz CT molecular complexity index is 668. The zero-order chi connectivity index (χ0) is 16.2. The maximum Gasteiger partial charge on any atom is 0.251 e. The predicted molar refractivity (Wildman–Crippen MR) is 92.8 cm³/mol. The second-order valence-electron chi connectivity index (χ2n) is 6.28. The monoisotopic (exact) mass is 309 g/mol. The molecule has 1 saturated heterocycles. The molecule has 1 aromatic carbocycles. The number of benzene rings is 1. The quantitative estimate of drug-likeness (QED) is 0.943. The molecule has 120 valence electrons. The molecule has 2 aromatic rings. The molecular weight excluding hydrogens is 286 g/mol. The minimum atomic E-state index is -0.0413. The zero-order valence-corrected chi connectivity index (χ0v) is 13.8. The minimum absolute atomic E-state index is 0.0413. The van der Waals surface area contributed by atoms with E-state index in [1.807, 2.05) is 44.3 Å². The summed E-state index contributed by atoms with van der Waals surface area (Å²) in [6.45, 7) is 6.69. The van der Waals surface area contributed by atoms with E-state index in [4.69, 9.17) is 0 Å². The van der Waals surface area contributed by atoms with Gasteiger partial charge in [-0.1, -0.05) is 23.3 Å². The van der Waals surface area contributed by atoms with Gasteiger partial charge in [-0.2, -0.15) is 0 Å². The molecule has 4 nitrogen and oxygen atoms in total. The van der Waals surface area contributed by atoms with E-state index >= 15 is 0 Å². The van der Waals surface area contributed by atoms with Gasteiger partial charge in [-0.25, -0.2) is 4.98 Å². The first-order valence-corrected chi connectivity index (χ1v) is 8.18. The molecule has 1 fully saturated rings. The van der Waals surface area contributed by atoms with Gasteiger partial charge in [-0.05, 0) is 50.5 Å². The second kappa shape index (κ2) is 6.82. The number of hydrogen-bond acceptors (Lipinski definition) is 3. The molecule has 0 atom stereocenters.